The number of aromatic nitrogens is 1. The number of nitrogens with one attached hydrogen (secondary N) is 1. The third-order valence-corrected chi connectivity index (χ3v) is 3.16. The maximum atomic E-state index is 12.8. The van der Waals surface area contributed by atoms with E-state index < -0.39 is 5.95 Å². The van der Waals surface area contributed by atoms with Crippen molar-refractivity contribution in [1.82, 2.24) is 10.3 Å². The minimum Gasteiger partial charge on any atom is -0.348 e. The highest BCUT2D eigenvalue weighted by atomic mass is 32.2. The van der Waals surface area contributed by atoms with E-state index in [9.17, 15) is 9.18 Å². The van der Waals surface area contributed by atoms with Gasteiger partial charge in [-0.1, -0.05) is 13.0 Å². The van der Waals surface area contributed by atoms with Gasteiger partial charge in [0.15, 0.2) is 0 Å². The molecule has 1 unspecified atom stereocenters. The Bertz CT molecular complexity index is 373. The fourth-order valence-electron chi connectivity index (χ4n) is 1.31. The first-order valence-electron chi connectivity index (χ1n) is 5.64. The van der Waals surface area contributed by atoms with Gasteiger partial charge in [-0.2, -0.15) is 16.2 Å². The zero-order valence-corrected chi connectivity index (χ0v) is 10.9. The molecule has 1 N–H and O–H groups in total. The fourth-order valence-corrected chi connectivity index (χ4v) is 2.12. The lowest BCUT2D eigenvalue weighted by Crippen LogP contribution is -2.33. The van der Waals surface area contributed by atoms with E-state index in [0.717, 1.165) is 17.9 Å². The SMILES string of the molecule is CCSCCC(C)NC(=O)c1cccc(F)n1. The lowest BCUT2D eigenvalue weighted by atomic mass is 10.2. The van der Waals surface area contributed by atoms with Crippen molar-refractivity contribution in [3.8, 4) is 0 Å². The molecule has 0 aliphatic heterocycles. The van der Waals surface area contributed by atoms with Crippen LogP contribution in [0.2, 0.25) is 0 Å². The summed E-state index contributed by atoms with van der Waals surface area (Å²) < 4.78 is 12.8. The number of hydrogen-bond acceptors (Lipinski definition) is 3. The summed E-state index contributed by atoms with van der Waals surface area (Å²) in [6.45, 7) is 4.04. The van der Waals surface area contributed by atoms with E-state index in [1.54, 1.807) is 0 Å². The van der Waals surface area contributed by atoms with E-state index in [4.69, 9.17) is 0 Å². The summed E-state index contributed by atoms with van der Waals surface area (Å²) in [5, 5.41) is 2.80. The molecule has 0 spiro atoms. The summed E-state index contributed by atoms with van der Waals surface area (Å²) in [5.74, 6) is 1.13. The van der Waals surface area contributed by atoms with Crippen molar-refractivity contribution in [2.75, 3.05) is 11.5 Å². The summed E-state index contributed by atoms with van der Waals surface area (Å²) in [5.41, 5.74) is 0.125. The Morgan fingerprint density at radius 1 is 1.59 bits per heavy atom. The number of rotatable bonds is 6. The number of hydrogen-bond donors (Lipinski definition) is 1. The van der Waals surface area contributed by atoms with Crippen LogP contribution in [0, 0.1) is 5.95 Å². The van der Waals surface area contributed by atoms with Crippen LogP contribution in [0.15, 0.2) is 18.2 Å². The Hall–Kier alpha value is -1.10. The van der Waals surface area contributed by atoms with Gasteiger partial charge in [0.25, 0.3) is 5.91 Å². The largest absolute Gasteiger partial charge is 0.348 e. The van der Waals surface area contributed by atoms with Crippen molar-refractivity contribution in [1.29, 1.82) is 0 Å². The molecule has 0 aliphatic carbocycles. The van der Waals surface area contributed by atoms with Gasteiger partial charge in [-0.05, 0) is 37.0 Å². The molecular weight excluding hydrogens is 239 g/mol. The molecule has 5 heteroatoms. The van der Waals surface area contributed by atoms with E-state index in [2.05, 4.69) is 17.2 Å². The van der Waals surface area contributed by atoms with Crippen LogP contribution in [-0.2, 0) is 0 Å². The highest BCUT2D eigenvalue weighted by molar-refractivity contribution is 7.99. The highest BCUT2D eigenvalue weighted by Gasteiger charge is 2.11. The van der Waals surface area contributed by atoms with Crippen LogP contribution >= 0.6 is 11.8 Å². The topological polar surface area (TPSA) is 42.0 Å². The van der Waals surface area contributed by atoms with Crippen molar-refractivity contribution in [3.63, 3.8) is 0 Å². The second-order valence-corrected chi connectivity index (χ2v) is 5.10. The zero-order valence-electron chi connectivity index (χ0n) is 10.1. The lowest BCUT2D eigenvalue weighted by Gasteiger charge is -2.12. The molecule has 1 heterocycles. The lowest BCUT2D eigenvalue weighted by molar-refractivity contribution is 0.0933. The number of thioether (sulfide) groups is 1. The Labute approximate surface area is 105 Å². The molecule has 0 saturated carbocycles. The summed E-state index contributed by atoms with van der Waals surface area (Å²) in [6, 6.07) is 4.28. The number of carbonyl (C=O) groups is 1. The average Bonchev–Trinajstić information content (AvgIpc) is 2.29. The quantitative estimate of drug-likeness (QED) is 0.628. The van der Waals surface area contributed by atoms with Crippen LogP contribution in [0.3, 0.4) is 0 Å². The van der Waals surface area contributed by atoms with Gasteiger partial charge in [0.1, 0.15) is 5.69 Å². The minimum absolute atomic E-state index is 0.0756. The van der Waals surface area contributed by atoms with E-state index >= 15 is 0 Å². The Morgan fingerprint density at radius 3 is 3.00 bits per heavy atom. The molecule has 1 aromatic rings. The standard InChI is InChI=1S/C12H17FN2OS/c1-3-17-8-7-9(2)14-12(16)10-5-4-6-11(13)15-10/h4-6,9H,3,7-8H2,1-2H3,(H,14,16). The number of carbonyl (C=O) groups excluding carboxylic acids is 1. The molecule has 3 nitrogen and oxygen atoms in total. The third kappa shape index (κ3) is 5.17. The van der Waals surface area contributed by atoms with Crippen LogP contribution in [0.5, 0.6) is 0 Å². The molecule has 17 heavy (non-hydrogen) atoms. The molecule has 0 aromatic carbocycles. The van der Waals surface area contributed by atoms with Gasteiger partial charge in [0, 0.05) is 6.04 Å². The molecule has 0 radical (unpaired) electrons. The monoisotopic (exact) mass is 256 g/mol. The molecule has 94 valence electrons. The first-order valence-corrected chi connectivity index (χ1v) is 6.80. The van der Waals surface area contributed by atoms with Crippen LogP contribution in [0.25, 0.3) is 0 Å². The zero-order chi connectivity index (χ0) is 12.7. The normalized spacial score (nSPS) is 12.2. The third-order valence-electron chi connectivity index (χ3n) is 2.22. The van der Waals surface area contributed by atoms with Crippen LogP contribution < -0.4 is 5.32 Å². The van der Waals surface area contributed by atoms with Crippen molar-refractivity contribution in [2.24, 2.45) is 0 Å². The summed E-state index contributed by atoms with van der Waals surface area (Å²) >= 11 is 1.83. The van der Waals surface area contributed by atoms with Gasteiger partial charge in [0.2, 0.25) is 5.95 Å². The van der Waals surface area contributed by atoms with Gasteiger partial charge in [-0.15, -0.1) is 0 Å². The Morgan fingerprint density at radius 2 is 2.35 bits per heavy atom. The smallest absolute Gasteiger partial charge is 0.270 e. The first-order chi connectivity index (χ1) is 8.13. The summed E-state index contributed by atoms with van der Waals surface area (Å²) in [6.07, 6.45) is 0.902. The molecule has 1 amide bonds. The van der Waals surface area contributed by atoms with E-state index in [1.807, 2.05) is 18.7 Å². The van der Waals surface area contributed by atoms with E-state index in [1.165, 1.54) is 18.2 Å². The second-order valence-electron chi connectivity index (χ2n) is 3.71. The van der Waals surface area contributed by atoms with Crippen LogP contribution in [0.4, 0.5) is 4.39 Å². The van der Waals surface area contributed by atoms with Gasteiger partial charge in [-0.25, -0.2) is 4.98 Å². The van der Waals surface area contributed by atoms with Gasteiger partial charge >= 0.3 is 0 Å². The van der Waals surface area contributed by atoms with Gasteiger partial charge < -0.3 is 5.32 Å². The molecular formula is C12H17FN2OS. The molecule has 1 aromatic heterocycles. The van der Waals surface area contributed by atoms with Crippen molar-refractivity contribution in [2.45, 2.75) is 26.3 Å². The summed E-state index contributed by atoms with van der Waals surface area (Å²) in [4.78, 5) is 15.2. The van der Waals surface area contributed by atoms with Crippen molar-refractivity contribution < 1.29 is 9.18 Å². The Balaban J connectivity index is 2.43. The fraction of sp³-hybridized carbons (Fsp3) is 0.500. The molecule has 0 bridgehead atoms. The molecule has 0 saturated heterocycles. The molecule has 0 aliphatic rings. The van der Waals surface area contributed by atoms with Crippen molar-refractivity contribution >= 4 is 17.7 Å². The predicted molar refractivity (Wildman–Crippen MR) is 68.7 cm³/mol. The molecule has 1 atom stereocenters. The van der Waals surface area contributed by atoms with Gasteiger partial charge in [-0.3, -0.25) is 4.79 Å². The first kappa shape index (κ1) is 14.0. The maximum Gasteiger partial charge on any atom is 0.270 e. The number of amides is 1. The maximum absolute atomic E-state index is 12.8. The Kier molecular flexibility index (Phi) is 5.97. The highest BCUT2D eigenvalue weighted by Crippen LogP contribution is 2.05. The molecule has 0 fully saturated rings. The molecule has 1 rings (SSSR count). The number of halogens is 1. The van der Waals surface area contributed by atoms with E-state index in [-0.39, 0.29) is 17.6 Å². The predicted octanol–water partition coefficient (Wildman–Crippen LogP) is 2.48. The minimum atomic E-state index is -0.633. The number of pyridine rings is 1. The van der Waals surface area contributed by atoms with E-state index in [0.29, 0.717) is 0 Å². The summed E-state index contributed by atoms with van der Waals surface area (Å²) in [7, 11) is 0. The number of nitrogens with zero attached hydrogens (tertiary/aromatic N) is 1. The van der Waals surface area contributed by atoms with Crippen LogP contribution in [-0.4, -0.2) is 28.4 Å². The van der Waals surface area contributed by atoms with Crippen LogP contribution in [0.1, 0.15) is 30.8 Å². The van der Waals surface area contributed by atoms with Crippen molar-refractivity contribution in [3.05, 3.63) is 29.8 Å². The second kappa shape index (κ2) is 7.27. The average molecular weight is 256 g/mol. The van der Waals surface area contributed by atoms with Gasteiger partial charge in [0.05, 0.1) is 0 Å².